The summed E-state index contributed by atoms with van der Waals surface area (Å²) < 4.78 is 0. The van der Waals surface area contributed by atoms with Crippen LogP contribution in [0.3, 0.4) is 0 Å². The summed E-state index contributed by atoms with van der Waals surface area (Å²) in [4.78, 5) is 2.38. The van der Waals surface area contributed by atoms with Gasteiger partial charge in [-0.25, -0.2) is 0 Å². The lowest BCUT2D eigenvalue weighted by molar-refractivity contribution is 0.145. The van der Waals surface area contributed by atoms with E-state index in [-0.39, 0.29) is 11.6 Å². The molecule has 20 heavy (non-hydrogen) atoms. The van der Waals surface area contributed by atoms with Crippen molar-refractivity contribution in [2.24, 2.45) is 0 Å². The van der Waals surface area contributed by atoms with E-state index < -0.39 is 0 Å². The van der Waals surface area contributed by atoms with Gasteiger partial charge in [0.1, 0.15) is 0 Å². The first-order chi connectivity index (χ1) is 9.35. The third kappa shape index (κ3) is 4.22. The molecule has 1 aliphatic heterocycles. The normalized spacial score (nSPS) is 17.6. The summed E-state index contributed by atoms with van der Waals surface area (Å²) in [6.07, 6.45) is 1.65. The molecule has 1 saturated heterocycles. The van der Waals surface area contributed by atoms with Gasteiger partial charge in [-0.05, 0) is 63.8 Å². The summed E-state index contributed by atoms with van der Waals surface area (Å²) in [7, 11) is 0. The summed E-state index contributed by atoms with van der Waals surface area (Å²) in [5.41, 5.74) is 4.13. The second-order valence-corrected chi connectivity index (χ2v) is 6.93. The van der Waals surface area contributed by atoms with E-state index in [9.17, 15) is 5.11 Å². The monoisotopic (exact) mass is 276 g/mol. The molecule has 1 aliphatic rings. The van der Waals surface area contributed by atoms with Crippen LogP contribution in [0.1, 0.15) is 44.7 Å². The number of aliphatic hydroxyl groups is 1. The Hall–Kier alpha value is -1.06. The second-order valence-electron chi connectivity index (χ2n) is 6.93. The van der Waals surface area contributed by atoms with Crippen LogP contribution in [-0.2, 0) is 6.54 Å². The molecule has 0 saturated carbocycles. The minimum Gasteiger partial charge on any atom is -0.393 e. The van der Waals surface area contributed by atoms with Crippen LogP contribution in [0.15, 0.2) is 18.2 Å². The third-order valence-corrected chi connectivity index (χ3v) is 3.96. The summed E-state index contributed by atoms with van der Waals surface area (Å²) >= 11 is 0. The Morgan fingerprint density at radius 1 is 1.25 bits per heavy atom. The van der Waals surface area contributed by atoms with Crippen LogP contribution in [0, 0.1) is 6.92 Å². The Bertz CT molecular complexity index is 443. The number of hydrogen-bond donors (Lipinski definition) is 2. The predicted octanol–water partition coefficient (Wildman–Crippen LogP) is 2.84. The molecule has 0 radical (unpaired) electrons. The highest BCUT2D eigenvalue weighted by atomic mass is 16.3. The van der Waals surface area contributed by atoms with E-state index in [1.165, 1.54) is 16.8 Å². The van der Waals surface area contributed by atoms with Crippen molar-refractivity contribution in [2.45, 2.75) is 58.7 Å². The molecule has 112 valence electrons. The van der Waals surface area contributed by atoms with Crippen molar-refractivity contribution in [3.05, 3.63) is 29.3 Å². The van der Waals surface area contributed by atoms with Crippen molar-refractivity contribution in [3.8, 4) is 0 Å². The van der Waals surface area contributed by atoms with Crippen LogP contribution in [0.25, 0.3) is 0 Å². The lowest BCUT2D eigenvalue weighted by Crippen LogP contribution is -2.36. The van der Waals surface area contributed by atoms with E-state index >= 15 is 0 Å². The van der Waals surface area contributed by atoms with Gasteiger partial charge in [-0.2, -0.15) is 0 Å². The van der Waals surface area contributed by atoms with Crippen LogP contribution >= 0.6 is 0 Å². The van der Waals surface area contributed by atoms with Crippen LogP contribution in [0.5, 0.6) is 0 Å². The largest absolute Gasteiger partial charge is 0.393 e. The second kappa shape index (κ2) is 6.15. The zero-order chi connectivity index (χ0) is 14.8. The molecule has 2 rings (SSSR count). The summed E-state index contributed by atoms with van der Waals surface area (Å²) in [5.74, 6) is 0. The molecule has 0 spiro atoms. The molecule has 0 atom stereocenters. The maximum absolute atomic E-state index is 9.58. The quantitative estimate of drug-likeness (QED) is 0.891. The van der Waals surface area contributed by atoms with Crippen molar-refractivity contribution >= 4 is 5.69 Å². The molecule has 0 aromatic heterocycles. The highest BCUT2D eigenvalue weighted by molar-refractivity contribution is 5.51. The van der Waals surface area contributed by atoms with Gasteiger partial charge < -0.3 is 15.3 Å². The Morgan fingerprint density at radius 2 is 1.90 bits per heavy atom. The number of nitrogens with one attached hydrogen (secondary N) is 1. The molecule has 3 heteroatoms. The maximum Gasteiger partial charge on any atom is 0.0574 e. The fraction of sp³-hybridized carbons (Fsp3) is 0.647. The number of aliphatic hydroxyl groups excluding tert-OH is 1. The summed E-state index contributed by atoms with van der Waals surface area (Å²) in [5, 5.41) is 13.1. The topological polar surface area (TPSA) is 35.5 Å². The molecule has 0 bridgehead atoms. The Morgan fingerprint density at radius 3 is 2.45 bits per heavy atom. The molecule has 2 N–H and O–H groups in total. The number of nitrogens with zero attached hydrogens (tertiary/aromatic N) is 1. The Kier molecular flexibility index (Phi) is 4.71. The summed E-state index contributed by atoms with van der Waals surface area (Å²) in [6.45, 7) is 11.6. The van der Waals surface area contributed by atoms with E-state index in [2.05, 4.69) is 56.1 Å². The number of rotatable bonds is 3. The smallest absolute Gasteiger partial charge is 0.0574 e. The highest BCUT2D eigenvalue weighted by Crippen LogP contribution is 2.23. The number of benzene rings is 1. The van der Waals surface area contributed by atoms with Gasteiger partial charge in [0.15, 0.2) is 0 Å². The molecule has 0 amide bonds. The first-order valence-electron chi connectivity index (χ1n) is 7.63. The SMILES string of the molecule is Cc1cc(N2CCC(O)CC2)ccc1CNC(C)(C)C. The Balaban J connectivity index is 2.02. The zero-order valence-electron chi connectivity index (χ0n) is 13.2. The number of anilines is 1. The number of piperidine rings is 1. The lowest BCUT2D eigenvalue weighted by Gasteiger charge is -2.32. The molecule has 1 aromatic rings. The minimum absolute atomic E-state index is 0.109. The minimum atomic E-state index is -0.109. The van der Waals surface area contributed by atoms with Crippen LogP contribution in [0.4, 0.5) is 5.69 Å². The molecule has 1 fully saturated rings. The number of hydrogen-bond acceptors (Lipinski definition) is 3. The molecular formula is C17H28N2O. The van der Waals surface area contributed by atoms with Gasteiger partial charge in [0.2, 0.25) is 0 Å². The first-order valence-corrected chi connectivity index (χ1v) is 7.63. The van der Waals surface area contributed by atoms with Crippen molar-refractivity contribution in [3.63, 3.8) is 0 Å². The zero-order valence-corrected chi connectivity index (χ0v) is 13.2. The molecule has 0 unspecified atom stereocenters. The van der Waals surface area contributed by atoms with Gasteiger partial charge in [-0.3, -0.25) is 0 Å². The van der Waals surface area contributed by atoms with Gasteiger partial charge in [0.05, 0.1) is 6.10 Å². The Labute approximate surface area is 123 Å². The first kappa shape index (κ1) is 15.3. The van der Waals surface area contributed by atoms with E-state index in [0.717, 1.165) is 32.5 Å². The van der Waals surface area contributed by atoms with E-state index in [1.54, 1.807) is 0 Å². The average molecular weight is 276 g/mol. The summed E-state index contributed by atoms with van der Waals surface area (Å²) in [6, 6.07) is 6.72. The van der Waals surface area contributed by atoms with Gasteiger partial charge in [-0.15, -0.1) is 0 Å². The van der Waals surface area contributed by atoms with Crippen molar-refractivity contribution in [2.75, 3.05) is 18.0 Å². The van der Waals surface area contributed by atoms with Gasteiger partial charge in [0, 0.05) is 30.9 Å². The van der Waals surface area contributed by atoms with Gasteiger partial charge >= 0.3 is 0 Å². The van der Waals surface area contributed by atoms with Gasteiger partial charge in [0.25, 0.3) is 0 Å². The average Bonchev–Trinajstić information content (AvgIpc) is 2.37. The molecule has 1 heterocycles. The van der Waals surface area contributed by atoms with Crippen LogP contribution in [-0.4, -0.2) is 29.8 Å². The molecule has 3 nitrogen and oxygen atoms in total. The lowest BCUT2D eigenvalue weighted by atomic mass is 10.0. The fourth-order valence-electron chi connectivity index (χ4n) is 2.56. The van der Waals surface area contributed by atoms with E-state index in [0.29, 0.717) is 0 Å². The van der Waals surface area contributed by atoms with E-state index in [4.69, 9.17) is 0 Å². The molecule has 0 aliphatic carbocycles. The maximum atomic E-state index is 9.58. The van der Waals surface area contributed by atoms with Crippen molar-refractivity contribution in [1.29, 1.82) is 0 Å². The number of aryl methyl sites for hydroxylation is 1. The third-order valence-electron chi connectivity index (χ3n) is 3.96. The van der Waals surface area contributed by atoms with Crippen LogP contribution < -0.4 is 10.2 Å². The van der Waals surface area contributed by atoms with Gasteiger partial charge in [-0.1, -0.05) is 6.07 Å². The highest BCUT2D eigenvalue weighted by Gasteiger charge is 2.17. The standard InChI is InChI=1S/C17H28N2O/c1-13-11-15(19-9-7-16(20)8-10-19)6-5-14(13)12-18-17(2,3)4/h5-6,11,16,18,20H,7-10,12H2,1-4H3. The predicted molar refractivity (Wildman–Crippen MR) is 85.2 cm³/mol. The van der Waals surface area contributed by atoms with E-state index in [1.807, 2.05) is 0 Å². The van der Waals surface area contributed by atoms with Crippen molar-refractivity contribution in [1.82, 2.24) is 5.32 Å². The molecule has 1 aromatic carbocycles. The van der Waals surface area contributed by atoms with Crippen LogP contribution in [0.2, 0.25) is 0 Å². The van der Waals surface area contributed by atoms with Crippen molar-refractivity contribution < 1.29 is 5.11 Å². The molecular weight excluding hydrogens is 248 g/mol. The fourth-order valence-corrected chi connectivity index (χ4v) is 2.56.